The van der Waals surface area contributed by atoms with Gasteiger partial charge in [0.15, 0.2) is 24.7 Å². The topological polar surface area (TPSA) is 115 Å². The van der Waals surface area contributed by atoms with Gasteiger partial charge in [0.05, 0.1) is 21.3 Å². The van der Waals surface area contributed by atoms with Crippen LogP contribution in [0.25, 0.3) is 11.4 Å². The molecule has 3 aromatic rings. The van der Waals surface area contributed by atoms with Gasteiger partial charge in [-0.1, -0.05) is 30.3 Å². The van der Waals surface area contributed by atoms with Crippen molar-refractivity contribution in [3.63, 3.8) is 0 Å². The Morgan fingerprint density at radius 1 is 0.967 bits per heavy atom. The fourth-order valence-electron chi connectivity index (χ4n) is 2.65. The molecule has 156 valence electrons. The molecule has 0 N–H and O–H groups in total. The van der Waals surface area contributed by atoms with E-state index in [4.69, 9.17) is 18.9 Å². The van der Waals surface area contributed by atoms with E-state index in [2.05, 4.69) is 15.4 Å². The Labute approximate surface area is 172 Å². The first-order valence-corrected chi connectivity index (χ1v) is 8.87. The number of Topliss-reactive ketones (excluding diaryl/α,β-unsaturated/α-hetero) is 1. The maximum absolute atomic E-state index is 12.4. The number of benzene rings is 2. The number of esters is 1. The molecule has 0 aliphatic heterocycles. The Hall–Kier alpha value is -3.95. The lowest BCUT2D eigenvalue weighted by atomic mass is 10.1. The minimum Gasteiger partial charge on any atom is -0.493 e. The fraction of sp³-hybridized carbons (Fsp3) is 0.250. The van der Waals surface area contributed by atoms with Gasteiger partial charge in [-0.05, 0) is 17.3 Å². The van der Waals surface area contributed by atoms with Crippen LogP contribution < -0.4 is 14.2 Å². The zero-order valence-electron chi connectivity index (χ0n) is 16.7. The molecule has 0 fully saturated rings. The lowest BCUT2D eigenvalue weighted by molar-refractivity contribution is -0.143. The first-order valence-electron chi connectivity index (χ1n) is 8.87. The number of carbonyl (C=O) groups is 2. The predicted octanol–water partition coefficient (Wildman–Crippen LogP) is 1.79. The van der Waals surface area contributed by atoms with E-state index in [0.29, 0.717) is 23.1 Å². The van der Waals surface area contributed by atoms with Gasteiger partial charge in [0.1, 0.15) is 0 Å². The second-order valence-corrected chi connectivity index (χ2v) is 6.01. The Morgan fingerprint density at radius 2 is 1.63 bits per heavy atom. The van der Waals surface area contributed by atoms with E-state index in [1.807, 2.05) is 30.3 Å². The van der Waals surface area contributed by atoms with Crippen LogP contribution in [0.3, 0.4) is 0 Å². The Balaban J connectivity index is 1.61. The molecule has 0 radical (unpaired) electrons. The summed E-state index contributed by atoms with van der Waals surface area (Å²) in [5.41, 5.74) is 1.03. The van der Waals surface area contributed by atoms with E-state index in [0.717, 1.165) is 10.4 Å². The quantitative estimate of drug-likeness (QED) is 0.383. The molecule has 0 aliphatic carbocycles. The lowest BCUT2D eigenvalue weighted by Gasteiger charge is -2.13. The predicted molar refractivity (Wildman–Crippen MR) is 105 cm³/mol. The Kier molecular flexibility index (Phi) is 6.58. The molecule has 0 unspecified atom stereocenters. The maximum atomic E-state index is 12.4. The molecule has 0 amide bonds. The monoisotopic (exact) mass is 412 g/mol. The van der Waals surface area contributed by atoms with Crippen LogP contribution in [0.15, 0.2) is 42.5 Å². The van der Waals surface area contributed by atoms with Crippen LogP contribution in [-0.2, 0) is 16.1 Å². The Bertz CT molecular complexity index is 1010. The molecule has 0 saturated heterocycles. The molecule has 1 heterocycles. The van der Waals surface area contributed by atoms with Crippen LogP contribution in [0.5, 0.6) is 17.2 Å². The summed E-state index contributed by atoms with van der Waals surface area (Å²) in [6.45, 7) is -0.736. The summed E-state index contributed by atoms with van der Waals surface area (Å²) in [6, 6.07) is 12.2. The van der Waals surface area contributed by atoms with Gasteiger partial charge in [-0.25, -0.2) is 4.79 Å². The third kappa shape index (κ3) is 4.72. The van der Waals surface area contributed by atoms with Crippen LogP contribution >= 0.6 is 0 Å². The van der Waals surface area contributed by atoms with E-state index in [9.17, 15) is 9.59 Å². The number of tetrazole rings is 1. The van der Waals surface area contributed by atoms with Crippen LogP contribution in [0.2, 0.25) is 0 Å². The average molecular weight is 412 g/mol. The zero-order chi connectivity index (χ0) is 21.5. The van der Waals surface area contributed by atoms with Crippen molar-refractivity contribution in [1.29, 1.82) is 0 Å². The third-order valence-corrected chi connectivity index (χ3v) is 4.11. The second-order valence-electron chi connectivity index (χ2n) is 6.01. The first kappa shape index (κ1) is 20.8. The number of nitrogens with zero attached hydrogens (tertiary/aromatic N) is 4. The molecule has 30 heavy (non-hydrogen) atoms. The smallest absolute Gasteiger partial charge is 0.330 e. The number of rotatable bonds is 9. The molecule has 10 heteroatoms. The minimum atomic E-state index is -0.673. The number of ketones is 1. The van der Waals surface area contributed by atoms with Gasteiger partial charge in [-0.2, -0.15) is 4.80 Å². The molecule has 0 atom stereocenters. The molecule has 1 aromatic heterocycles. The largest absolute Gasteiger partial charge is 0.493 e. The van der Waals surface area contributed by atoms with Crippen LogP contribution in [0, 0.1) is 0 Å². The number of carbonyl (C=O) groups excluding carboxylic acids is 2. The van der Waals surface area contributed by atoms with E-state index in [1.54, 1.807) is 0 Å². The Morgan fingerprint density at radius 3 is 2.23 bits per heavy atom. The molecule has 10 nitrogen and oxygen atoms in total. The van der Waals surface area contributed by atoms with Gasteiger partial charge in [-0.15, -0.1) is 10.2 Å². The summed E-state index contributed by atoms with van der Waals surface area (Å²) in [5, 5.41) is 11.9. The highest BCUT2D eigenvalue weighted by molar-refractivity contribution is 5.99. The highest BCUT2D eigenvalue weighted by Gasteiger charge is 2.18. The highest BCUT2D eigenvalue weighted by atomic mass is 16.5. The molecular formula is C20H20N4O6. The van der Waals surface area contributed by atoms with Crippen LogP contribution in [-0.4, -0.2) is 59.9 Å². The molecule has 0 spiro atoms. The normalized spacial score (nSPS) is 10.4. The van der Waals surface area contributed by atoms with Gasteiger partial charge in [0.25, 0.3) is 0 Å². The summed E-state index contributed by atoms with van der Waals surface area (Å²) in [5.74, 6) is 0.294. The number of aromatic nitrogens is 4. The summed E-state index contributed by atoms with van der Waals surface area (Å²) in [6.07, 6.45) is 0. The van der Waals surface area contributed by atoms with Crippen molar-refractivity contribution in [3.8, 4) is 28.6 Å². The third-order valence-electron chi connectivity index (χ3n) is 4.11. The number of hydrogen-bond donors (Lipinski definition) is 0. The van der Waals surface area contributed by atoms with Gasteiger partial charge in [0.2, 0.25) is 17.4 Å². The van der Waals surface area contributed by atoms with Crippen molar-refractivity contribution >= 4 is 11.8 Å². The van der Waals surface area contributed by atoms with Gasteiger partial charge in [-0.3, -0.25) is 4.79 Å². The van der Waals surface area contributed by atoms with Crippen molar-refractivity contribution in [2.75, 3.05) is 27.9 Å². The van der Waals surface area contributed by atoms with E-state index in [1.165, 1.54) is 33.5 Å². The summed E-state index contributed by atoms with van der Waals surface area (Å²) in [7, 11) is 4.35. The number of methoxy groups -OCH3 is 3. The van der Waals surface area contributed by atoms with Gasteiger partial charge >= 0.3 is 5.97 Å². The van der Waals surface area contributed by atoms with E-state index in [-0.39, 0.29) is 12.1 Å². The summed E-state index contributed by atoms with van der Waals surface area (Å²) in [4.78, 5) is 25.6. The molecule has 2 aromatic carbocycles. The van der Waals surface area contributed by atoms with Crippen molar-refractivity contribution in [2.45, 2.75) is 6.54 Å². The lowest BCUT2D eigenvalue weighted by Crippen LogP contribution is -2.20. The average Bonchev–Trinajstić information content (AvgIpc) is 3.25. The van der Waals surface area contributed by atoms with Gasteiger partial charge in [0, 0.05) is 11.1 Å². The maximum Gasteiger partial charge on any atom is 0.330 e. The highest BCUT2D eigenvalue weighted by Crippen LogP contribution is 2.38. The van der Waals surface area contributed by atoms with Crippen molar-refractivity contribution in [1.82, 2.24) is 20.2 Å². The number of ether oxygens (including phenoxy) is 4. The second kappa shape index (κ2) is 9.50. The molecular weight excluding hydrogens is 392 g/mol. The summed E-state index contributed by atoms with van der Waals surface area (Å²) >= 11 is 0. The van der Waals surface area contributed by atoms with Crippen LogP contribution in [0.4, 0.5) is 0 Å². The minimum absolute atomic E-state index is 0.252. The first-order chi connectivity index (χ1) is 14.5. The standard InChI is InChI=1S/C20H20N4O6/c1-27-16-9-14(10-17(28-2)19(16)29-3)15(25)12-30-18(26)11-24-22-20(21-23-24)13-7-5-4-6-8-13/h4-10H,11-12H2,1-3H3. The van der Waals surface area contributed by atoms with Crippen molar-refractivity contribution < 1.29 is 28.5 Å². The number of hydrogen-bond acceptors (Lipinski definition) is 9. The fourth-order valence-corrected chi connectivity index (χ4v) is 2.65. The molecule has 0 saturated carbocycles. The van der Waals surface area contributed by atoms with E-state index < -0.39 is 18.4 Å². The summed E-state index contributed by atoms with van der Waals surface area (Å²) < 4.78 is 20.7. The SMILES string of the molecule is COc1cc(C(=O)COC(=O)Cn2nnc(-c3ccccc3)n2)cc(OC)c1OC. The zero-order valence-corrected chi connectivity index (χ0v) is 16.7. The van der Waals surface area contributed by atoms with Crippen LogP contribution in [0.1, 0.15) is 10.4 Å². The van der Waals surface area contributed by atoms with Crippen molar-refractivity contribution in [2.24, 2.45) is 0 Å². The van der Waals surface area contributed by atoms with Crippen molar-refractivity contribution in [3.05, 3.63) is 48.0 Å². The van der Waals surface area contributed by atoms with Gasteiger partial charge < -0.3 is 18.9 Å². The molecule has 0 aliphatic rings. The molecule has 0 bridgehead atoms. The molecule has 3 rings (SSSR count). The van der Waals surface area contributed by atoms with E-state index >= 15 is 0 Å².